The number of carbonyl (C=O) groups is 1. The fraction of sp³-hybridized carbons (Fsp3) is 0.733. The van der Waals surface area contributed by atoms with Gasteiger partial charge in [-0.1, -0.05) is 0 Å². The van der Waals surface area contributed by atoms with Gasteiger partial charge >= 0.3 is 6.09 Å². The lowest BCUT2D eigenvalue weighted by Crippen LogP contribution is -2.42. The Kier molecular flexibility index (Phi) is 4.35. The van der Waals surface area contributed by atoms with Gasteiger partial charge in [0, 0.05) is 19.0 Å². The summed E-state index contributed by atoms with van der Waals surface area (Å²) in [5, 5.41) is 0. The number of piperidine rings is 1. The van der Waals surface area contributed by atoms with Gasteiger partial charge in [-0.25, -0.2) is 4.79 Å². The third-order valence-electron chi connectivity index (χ3n) is 3.44. The van der Waals surface area contributed by atoms with E-state index < -0.39 is 5.60 Å². The SMILES string of the molecule is CC1C=C(C2CCN(C(=O)OC(C)(C)C)CC2)OC=N1. The molecule has 1 fully saturated rings. The van der Waals surface area contributed by atoms with Gasteiger partial charge in [0.25, 0.3) is 0 Å². The fourth-order valence-electron chi connectivity index (χ4n) is 2.41. The molecule has 0 aromatic carbocycles. The van der Waals surface area contributed by atoms with Crippen LogP contribution in [-0.2, 0) is 9.47 Å². The summed E-state index contributed by atoms with van der Waals surface area (Å²) in [4.78, 5) is 17.9. The fourth-order valence-corrected chi connectivity index (χ4v) is 2.41. The van der Waals surface area contributed by atoms with Crippen LogP contribution in [0, 0.1) is 5.92 Å². The van der Waals surface area contributed by atoms with Crippen molar-refractivity contribution in [2.24, 2.45) is 10.9 Å². The smallest absolute Gasteiger partial charge is 0.410 e. The highest BCUT2D eigenvalue weighted by atomic mass is 16.6. The zero-order chi connectivity index (χ0) is 14.8. The highest BCUT2D eigenvalue weighted by Gasteiger charge is 2.29. The topological polar surface area (TPSA) is 51.1 Å². The van der Waals surface area contributed by atoms with Crippen LogP contribution in [0.4, 0.5) is 4.79 Å². The van der Waals surface area contributed by atoms with Crippen molar-refractivity contribution in [2.75, 3.05) is 13.1 Å². The average molecular weight is 280 g/mol. The minimum atomic E-state index is -0.436. The van der Waals surface area contributed by atoms with Crippen LogP contribution in [0.3, 0.4) is 0 Å². The summed E-state index contributed by atoms with van der Waals surface area (Å²) < 4.78 is 10.9. The molecule has 0 aromatic heterocycles. The molecule has 5 heteroatoms. The highest BCUT2D eigenvalue weighted by Crippen LogP contribution is 2.27. The summed E-state index contributed by atoms with van der Waals surface area (Å²) in [5.41, 5.74) is -0.436. The molecule has 5 nitrogen and oxygen atoms in total. The van der Waals surface area contributed by atoms with Gasteiger partial charge in [0.15, 0.2) is 6.40 Å². The predicted molar refractivity (Wildman–Crippen MR) is 77.7 cm³/mol. The van der Waals surface area contributed by atoms with Crippen molar-refractivity contribution in [1.82, 2.24) is 4.90 Å². The lowest BCUT2D eigenvalue weighted by molar-refractivity contribution is 0.0183. The molecular weight excluding hydrogens is 256 g/mol. The van der Waals surface area contributed by atoms with Gasteiger partial charge in [0.2, 0.25) is 0 Å². The summed E-state index contributed by atoms with van der Waals surface area (Å²) in [7, 11) is 0. The summed E-state index contributed by atoms with van der Waals surface area (Å²) in [6, 6.07) is 0.183. The van der Waals surface area contributed by atoms with Gasteiger partial charge in [0.1, 0.15) is 11.4 Å². The molecule has 20 heavy (non-hydrogen) atoms. The minimum absolute atomic E-state index is 0.183. The van der Waals surface area contributed by atoms with E-state index in [4.69, 9.17) is 9.47 Å². The Hall–Kier alpha value is -1.52. The van der Waals surface area contributed by atoms with Gasteiger partial charge in [-0.2, -0.15) is 0 Å². The number of allylic oxidation sites excluding steroid dienone is 1. The predicted octanol–water partition coefficient (Wildman–Crippen LogP) is 2.96. The molecule has 2 heterocycles. The van der Waals surface area contributed by atoms with Gasteiger partial charge in [0.05, 0.1) is 6.04 Å². The molecule has 0 N–H and O–H groups in total. The van der Waals surface area contributed by atoms with Crippen molar-refractivity contribution in [1.29, 1.82) is 0 Å². The molecule has 0 saturated carbocycles. The van der Waals surface area contributed by atoms with Crippen LogP contribution in [0.15, 0.2) is 16.8 Å². The second kappa shape index (κ2) is 5.85. The number of aliphatic imine (C=N–C) groups is 1. The molecule has 0 bridgehead atoms. The lowest BCUT2D eigenvalue weighted by Gasteiger charge is -2.34. The maximum absolute atomic E-state index is 12.0. The maximum atomic E-state index is 12.0. The molecule has 0 spiro atoms. The van der Waals surface area contributed by atoms with Gasteiger partial charge in [-0.05, 0) is 46.6 Å². The first-order chi connectivity index (χ1) is 9.35. The number of hydrogen-bond donors (Lipinski definition) is 0. The van der Waals surface area contributed by atoms with E-state index in [2.05, 4.69) is 11.1 Å². The lowest BCUT2D eigenvalue weighted by atomic mass is 9.93. The van der Waals surface area contributed by atoms with E-state index in [-0.39, 0.29) is 12.1 Å². The second-order valence-corrected chi connectivity index (χ2v) is 6.42. The van der Waals surface area contributed by atoms with E-state index in [9.17, 15) is 4.79 Å². The number of likely N-dealkylation sites (tertiary alicyclic amines) is 1. The van der Waals surface area contributed by atoms with Crippen molar-refractivity contribution in [3.05, 3.63) is 11.8 Å². The molecule has 1 atom stereocenters. The third kappa shape index (κ3) is 3.99. The number of hydrogen-bond acceptors (Lipinski definition) is 4. The third-order valence-corrected chi connectivity index (χ3v) is 3.44. The van der Waals surface area contributed by atoms with Crippen molar-refractivity contribution >= 4 is 12.5 Å². The molecule has 0 aliphatic carbocycles. The number of nitrogens with zero attached hydrogens (tertiary/aromatic N) is 2. The van der Waals surface area contributed by atoms with E-state index in [1.54, 1.807) is 4.90 Å². The first-order valence-corrected chi connectivity index (χ1v) is 7.23. The Labute approximate surface area is 120 Å². The zero-order valence-corrected chi connectivity index (χ0v) is 12.8. The Bertz CT molecular complexity index is 415. The maximum Gasteiger partial charge on any atom is 0.410 e. The monoisotopic (exact) mass is 280 g/mol. The standard InChI is InChI=1S/C15H24N2O3/c1-11-9-13(19-10-16-11)12-5-7-17(8-6-12)14(18)20-15(2,3)4/h9-12H,5-8H2,1-4H3. The van der Waals surface area contributed by atoms with E-state index >= 15 is 0 Å². The normalized spacial score (nSPS) is 24.1. The van der Waals surface area contributed by atoms with Gasteiger partial charge in [-0.3, -0.25) is 4.99 Å². The van der Waals surface area contributed by atoms with Crippen LogP contribution in [0.5, 0.6) is 0 Å². The Morgan fingerprint density at radius 2 is 2.05 bits per heavy atom. The van der Waals surface area contributed by atoms with Crippen LogP contribution < -0.4 is 0 Å². The van der Waals surface area contributed by atoms with Crippen LogP contribution >= 0.6 is 0 Å². The van der Waals surface area contributed by atoms with E-state index in [0.717, 1.165) is 18.6 Å². The number of ether oxygens (including phenoxy) is 2. The Balaban J connectivity index is 1.85. The highest BCUT2D eigenvalue weighted by molar-refractivity contribution is 5.68. The molecule has 0 radical (unpaired) electrons. The molecular formula is C15H24N2O3. The van der Waals surface area contributed by atoms with Crippen molar-refractivity contribution in [3.8, 4) is 0 Å². The minimum Gasteiger partial charge on any atom is -0.450 e. The number of amides is 1. The van der Waals surface area contributed by atoms with Crippen molar-refractivity contribution < 1.29 is 14.3 Å². The molecule has 2 rings (SSSR count). The van der Waals surface area contributed by atoms with Crippen LogP contribution in [0.25, 0.3) is 0 Å². The molecule has 2 aliphatic rings. The van der Waals surface area contributed by atoms with Gasteiger partial charge < -0.3 is 14.4 Å². The average Bonchev–Trinajstić information content (AvgIpc) is 2.37. The molecule has 1 amide bonds. The van der Waals surface area contributed by atoms with Gasteiger partial charge in [-0.15, -0.1) is 0 Å². The van der Waals surface area contributed by atoms with Crippen LogP contribution in [0.2, 0.25) is 0 Å². The largest absolute Gasteiger partial charge is 0.450 e. The summed E-state index contributed by atoms with van der Waals surface area (Å²) in [6.07, 6.45) is 5.19. The summed E-state index contributed by atoms with van der Waals surface area (Å²) in [5.74, 6) is 1.37. The molecule has 1 saturated heterocycles. The van der Waals surface area contributed by atoms with E-state index in [1.165, 1.54) is 6.40 Å². The first-order valence-electron chi connectivity index (χ1n) is 7.23. The van der Waals surface area contributed by atoms with Crippen molar-refractivity contribution in [3.63, 3.8) is 0 Å². The molecule has 112 valence electrons. The van der Waals surface area contributed by atoms with E-state index in [0.29, 0.717) is 19.0 Å². The van der Waals surface area contributed by atoms with Crippen LogP contribution in [0.1, 0.15) is 40.5 Å². The number of rotatable bonds is 1. The van der Waals surface area contributed by atoms with Crippen LogP contribution in [-0.4, -0.2) is 42.1 Å². The summed E-state index contributed by atoms with van der Waals surface area (Å²) >= 11 is 0. The number of carbonyl (C=O) groups excluding carboxylic acids is 1. The molecule has 1 unspecified atom stereocenters. The quantitative estimate of drug-likeness (QED) is 0.742. The van der Waals surface area contributed by atoms with Crippen molar-refractivity contribution in [2.45, 2.75) is 52.2 Å². The molecule has 0 aromatic rings. The summed E-state index contributed by atoms with van der Waals surface area (Å²) in [6.45, 7) is 9.13. The Morgan fingerprint density at radius 3 is 2.60 bits per heavy atom. The second-order valence-electron chi connectivity index (χ2n) is 6.42. The Morgan fingerprint density at radius 1 is 1.40 bits per heavy atom. The zero-order valence-electron chi connectivity index (χ0n) is 12.8. The molecule has 2 aliphatic heterocycles. The first kappa shape index (κ1) is 14.9. The van der Waals surface area contributed by atoms with E-state index in [1.807, 2.05) is 27.7 Å².